The van der Waals surface area contributed by atoms with Gasteiger partial charge in [-0.2, -0.15) is 0 Å². The number of nitrogens with one attached hydrogen (secondary N) is 7. The number of carbonyl (C=O) groups excluding carboxylic acids is 8. The molecule has 1 saturated carbocycles. The Morgan fingerprint density at radius 3 is 2.07 bits per heavy atom. The van der Waals surface area contributed by atoms with Crippen molar-refractivity contribution in [1.29, 1.82) is 0 Å². The molecule has 70 heavy (non-hydrogen) atoms. The van der Waals surface area contributed by atoms with E-state index in [-0.39, 0.29) is 60.9 Å². The van der Waals surface area contributed by atoms with Crippen molar-refractivity contribution >= 4 is 59.2 Å². The van der Waals surface area contributed by atoms with Crippen molar-refractivity contribution in [3.05, 3.63) is 95.1 Å². The Morgan fingerprint density at radius 2 is 1.47 bits per heavy atom. The lowest BCUT2D eigenvalue weighted by Crippen LogP contribution is -2.60. The molecule has 1 aliphatic heterocycles. The van der Waals surface area contributed by atoms with E-state index in [4.69, 9.17) is 0 Å². The smallest absolute Gasteiger partial charge is 0.256 e. The van der Waals surface area contributed by atoms with Crippen LogP contribution in [0.4, 0.5) is 0 Å². The lowest BCUT2D eigenvalue weighted by atomic mass is 9.76. The number of amides is 8. The summed E-state index contributed by atoms with van der Waals surface area (Å²) in [6.07, 6.45) is 8.60. The second kappa shape index (κ2) is 26.4. The predicted octanol–water partition coefficient (Wildman–Crippen LogP) is 3.64. The van der Waals surface area contributed by atoms with Crippen LogP contribution in [0.2, 0.25) is 0 Å². The number of hydrogen-bond acceptors (Lipinski definition) is 11. The van der Waals surface area contributed by atoms with E-state index in [1.807, 2.05) is 96.3 Å². The van der Waals surface area contributed by atoms with Gasteiger partial charge in [-0.15, -0.1) is 0 Å². The van der Waals surface area contributed by atoms with Crippen LogP contribution in [0.5, 0.6) is 0 Å². The van der Waals surface area contributed by atoms with Gasteiger partial charge in [0.25, 0.3) is 17.7 Å². The van der Waals surface area contributed by atoms with Gasteiger partial charge in [0, 0.05) is 55.5 Å². The van der Waals surface area contributed by atoms with E-state index in [1.165, 1.54) is 33.9 Å². The van der Waals surface area contributed by atoms with Gasteiger partial charge in [-0.3, -0.25) is 48.0 Å². The standard InChI is InChI=1S/C52H75N9O8S/c1-35(27-32-60(9)49(69)45(50(2,3)4)57-48(68)44(54-8)51(5,6)37-17-12-10-13-18-37)46(66)59-70-34-36-21-23-38(24-22-36)52(28-29-52)58-47(67)39(19-16-30-53-7)56-41(63)33-55-40(62)20-14-11-15-31-61-42(64)25-26-43(61)65/h10,12-13,17-18,21-27,39,44-45,53-54H,11,14-16,19-20,28-34H2,1-9H3,(H,55,62)(H,56,63)(H,57,68)(H,58,67)(H,59,66)/b35-27+. The fourth-order valence-electron chi connectivity index (χ4n) is 8.17. The molecule has 7 N–H and O–H groups in total. The Morgan fingerprint density at radius 1 is 0.814 bits per heavy atom. The van der Waals surface area contributed by atoms with Crippen LogP contribution >= 0.6 is 11.9 Å². The normalized spacial score (nSPS) is 15.7. The third-order valence-electron chi connectivity index (χ3n) is 12.8. The first kappa shape index (κ1) is 56.7. The number of imide groups is 1. The lowest BCUT2D eigenvalue weighted by Gasteiger charge is -2.38. The van der Waals surface area contributed by atoms with E-state index in [0.717, 1.165) is 29.5 Å². The van der Waals surface area contributed by atoms with Crippen LogP contribution < -0.4 is 36.6 Å². The Labute approximate surface area is 418 Å². The molecule has 2 aromatic rings. The summed E-state index contributed by atoms with van der Waals surface area (Å²) in [5, 5.41) is 17.8. The highest BCUT2D eigenvalue weighted by Crippen LogP contribution is 2.45. The summed E-state index contributed by atoms with van der Waals surface area (Å²) < 4.78 is 2.88. The summed E-state index contributed by atoms with van der Waals surface area (Å²) in [5.41, 5.74) is 1.59. The summed E-state index contributed by atoms with van der Waals surface area (Å²) in [5.74, 6) is -2.11. The van der Waals surface area contributed by atoms with Gasteiger partial charge in [-0.1, -0.05) is 102 Å². The van der Waals surface area contributed by atoms with Crippen molar-refractivity contribution in [2.75, 3.05) is 47.3 Å². The van der Waals surface area contributed by atoms with E-state index in [1.54, 1.807) is 27.1 Å². The molecule has 3 unspecified atom stereocenters. The van der Waals surface area contributed by atoms with Crippen molar-refractivity contribution < 1.29 is 38.4 Å². The van der Waals surface area contributed by atoms with Gasteiger partial charge in [0.15, 0.2) is 0 Å². The number of hydrogen-bond donors (Lipinski definition) is 7. The topological polar surface area (TPSA) is 227 Å². The first-order valence-corrected chi connectivity index (χ1v) is 25.1. The number of carbonyl (C=O) groups is 8. The monoisotopic (exact) mass is 986 g/mol. The van der Waals surface area contributed by atoms with Crippen LogP contribution in [0.25, 0.3) is 0 Å². The van der Waals surface area contributed by atoms with E-state index >= 15 is 0 Å². The number of nitrogens with zero attached hydrogens (tertiary/aromatic N) is 2. The fourth-order valence-corrected chi connectivity index (χ4v) is 8.90. The van der Waals surface area contributed by atoms with Crippen LogP contribution in [0.3, 0.4) is 0 Å². The average molecular weight is 986 g/mol. The quantitative estimate of drug-likeness (QED) is 0.0282. The molecule has 1 fully saturated rings. The molecule has 1 heterocycles. The van der Waals surface area contributed by atoms with Crippen LogP contribution in [0.1, 0.15) is 110 Å². The minimum atomic E-state index is -0.822. The molecule has 18 heteroatoms. The zero-order valence-corrected chi connectivity index (χ0v) is 43.2. The first-order valence-electron chi connectivity index (χ1n) is 24.2. The maximum atomic E-state index is 13.8. The van der Waals surface area contributed by atoms with Crippen LogP contribution in [0, 0.1) is 5.41 Å². The lowest BCUT2D eigenvalue weighted by molar-refractivity contribution is -0.139. The highest BCUT2D eigenvalue weighted by molar-refractivity contribution is 7.97. The van der Waals surface area contributed by atoms with Crippen molar-refractivity contribution in [2.24, 2.45) is 5.41 Å². The molecule has 0 saturated heterocycles. The Hall–Kier alpha value is -5.85. The van der Waals surface area contributed by atoms with Crippen LogP contribution in [-0.4, -0.2) is 123 Å². The summed E-state index contributed by atoms with van der Waals surface area (Å²) in [6, 6.07) is 15.4. The SMILES string of the molecule is CNCCCC(NC(=O)CNC(=O)CCCCCN1C(=O)C=CC1=O)C(=O)NC1(c2ccc(CSNC(=O)/C(C)=C/CN(C)C(=O)C(NC(=O)C(NC)C(C)(C)c3ccccc3)C(C)(C)C)cc2)CC1. The molecule has 0 bridgehead atoms. The molecule has 382 valence electrons. The van der Waals surface area contributed by atoms with Crippen molar-refractivity contribution in [2.45, 2.75) is 128 Å². The zero-order valence-electron chi connectivity index (χ0n) is 42.4. The minimum absolute atomic E-state index is 0.161. The molecule has 2 aliphatic rings. The molecule has 0 aromatic heterocycles. The maximum Gasteiger partial charge on any atom is 0.256 e. The highest BCUT2D eigenvalue weighted by atomic mass is 32.2. The van der Waals surface area contributed by atoms with Gasteiger partial charge < -0.3 is 36.8 Å². The zero-order chi connectivity index (χ0) is 51.6. The largest absolute Gasteiger partial charge is 0.347 e. The Kier molecular flexibility index (Phi) is 21.4. The molecule has 1 aliphatic carbocycles. The summed E-state index contributed by atoms with van der Waals surface area (Å²) >= 11 is 1.24. The number of unbranched alkanes of at least 4 members (excludes halogenated alkanes) is 2. The Balaban J connectivity index is 1.22. The number of benzene rings is 2. The van der Waals surface area contributed by atoms with E-state index in [0.29, 0.717) is 56.5 Å². The molecule has 3 atom stereocenters. The third-order valence-corrected chi connectivity index (χ3v) is 13.6. The molecule has 2 aromatic carbocycles. The molecule has 0 spiro atoms. The van der Waals surface area contributed by atoms with Gasteiger partial charge in [0.05, 0.1) is 18.1 Å². The molecule has 17 nitrogen and oxygen atoms in total. The van der Waals surface area contributed by atoms with Gasteiger partial charge in [-0.05, 0) is 100 Å². The van der Waals surface area contributed by atoms with E-state index in [9.17, 15) is 38.4 Å². The van der Waals surface area contributed by atoms with E-state index < -0.39 is 40.4 Å². The fraction of sp³-hybridized carbons (Fsp3) is 0.538. The minimum Gasteiger partial charge on any atom is -0.347 e. The molecule has 4 rings (SSSR count). The van der Waals surface area contributed by atoms with Gasteiger partial charge >= 0.3 is 0 Å². The van der Waals surface area contributed by atoms with Crippen LogP contribution in [-0.2, 0) is 55.1 Å². The van der Waals surface area contributed by atoms with Gasteiger partial charge in [0.1, 0.15) is 12.1 Å². The number of rotatable bonds is 28. The Bertz CT molecular complexity index is 2200. The maximum absolute atomic E-state index is 13.8. The van der Waals surface area contributed by atoms with Gasteiger partial charge in [0.2, 0.25) is 29.5 Å². The second-order valence-corrected chi connectivity index (χ2v) is 20.6. The predicted molar refractivity (Wildman–Crippen MR) is 272 cm³/mol. The molecule has 0 radical (unpaired) electrons. The summed E-state index contributed by atoms with van der Waals surface area (Å²) in [6.45, 7) is 12.2. The average Bonchev–Trinajstić information content (AvgIpc) is 4.04. The second-order valence-electron chi connectivity index (χ2n) is 19.8. The molecular formula is C52H75N9O8S. The van der Waals surface area contributed by atoms with E-state index in [2.05, 4.69) is 36.6 Å². The summed E-state index contributed by atoms with van der Waals surface area (Å²) in [7, 11) is 5.20. The van der Waals surface area contributed by atoms with Crippen molar-refractivity contribution in [3.63, 3.8) is 0 Å². The molecule has 8 amide bonds. The van der Waals surface area contributed by atoms with Crippen molar-refractivity contribution in [3.8, 4) is 0 Å². The number of likely N-dealkylation sites (N-methyl/N-ethyl adjacent to an activating group) is 2. The van der Waals surface area contributed by atoms with Gasteiger partial charge in [-0.25, -0.2) is 0 Å². The first-order chi connectivity index (χ1) is 33.1. The summed E-state index contributed by atoms with van der Waals surface area (Å²) in [4.78, 5) is 106. The molecular weight excluding hydrogens is 911 g/mol. The third kappa shape index (κ3) is 16.6. The highest BCUT2D eigenvalue weighted by Gasteiger charge is 2.46. The van der Waals surface area contributed by atoms with Crippen molar-refractivity contribution in [1.82, 2.24) is 46.4 Å². The van der Waals surface area contributed by atoms with Crippen LogP contribution in [0.15, 0.2) is 78.4 Å².